The average molecular weight is 341 g/mol. The van der Waals surface area contributed by atoms with Crippen LogP contribution in [0.25, 0.3) is 0 Å². The smallest absolute Gasteiger partial charge is 0.148 e. The first-order valence-electron chi connectivity index (χ1n) is 5.57. The van der Waals surface area contributed by atoms with Crippen molar-refractivity contribution >= 4 is 44.8 Å². The molecule has 18 heavy (non-hydrogen) atoms. The van der Waals surface area contributed by atoms with Gasteiger partial charge in [-0.15, -0.1) is 23.1 Å². The van der Waals surface area contributed by atoms with Crippen molar-refractivity contribution in [2.24, 2.45) is 0 Å². The van der Waals surface area contributed by atoms with Gasteiger partial charge in [0.05, 0.1) is 5.75 Å². The second-order valence-electron chi connectivity index (χ2n) is 4.05. The zero-order chi connectivity index (χ0) is 13.0. The van der Waals surface area contributed by atoms with E-state index < -0.39 is 0 Å². The molecule has 0 aliphatic rings. The second kappa shape index (κ2) is 6.55. The zero-order valence-electron chi connectivity index (χ0n) is 9.98. The number of thioether (sulfide) groups is 1. The van der Waals surface area contributed by atoms with E-state index >= 15 is 0 Å². The maximum atomic E-state index is 11.8. The summed E-state index contributed by atoms with van der Waals surface area (Å²) in [5.41, 5.74) is 1.24. The highest BCUT2D eigenvalue weighted by atomic mass is 79.9. The van der Waals surface area contributed by atoms with Gasteiger partial charge in [0.15, 0.2) is 0 Å². The van der Waals surface area contributed by atoms with Gasteiger partial charge < -0.3 is 0 Å². The van der Waals surface area contributed by atoms with E-state index in [9.17, 15) is 4.79 Å². The summed E-state index contributed by atoms with van der Waals surface area (Å²) in [6, 6.07) is 10.3. The van der Waals surface area contributed by atoms with E-state index in [2.05, 4.69) is 47.1 Å². The van der Waals surface area contributed by atoms with Crippen LogP contribution in [0.4, 0.5) is 0 Å². The molecule has 0 fully saturated rings. The Morgan fingerprint density at radius 1 is 1.33 bits per heavy atom. The number of hydrogen-bond donors (Lipinski definition) is 0. The molecule has 0 amide bonds. The SMILES string of the molecule is Cc1ccc(SCC(=O)Cc2cc(Br)cs2)cc1. The van der Waals surface area contributed by atoms with E-state index in [1.807, 2.05) is 11.4 Å². The summed E-state index contributed by atoms with van der Waals surface area (Å²) in [7, 11) is 0. The molecule has 0 aliphatic carbocycles. The molecule has 0 bridgehead atoms. The molecule has 0 N–H and O–H groups in total. The topological polar surface area (TPSA) is 17.1 Å². The molecule has 0 aliphatic heterocycles. The molecule has 0 saturated heterocycles. The van der Waals surface area contributed by atoms with Gasteiger partial charge in [0.1, 0.15) is 5.78 Å². The van der Waals surface area contributed by atoms with Crippen LogP contribution >= 0.6 is 39.0 Å². The lowest BCUT2D eigenvalue weighted by molar-refractivity contribution is -0.115. The maximum absolute atomic E-state index is 11.8. The van der Waals surface area contributed by atoms with Gasteiger partial charge in [-0.1, -0.05) is 17.7 Å². The number of halogens is 1. The molecule has 0 spiro atoms. The summed E-state index contributed by atoms with van der Waals surface area (Å²) < 4.78 is 1.06. The summed E-state index contributed by atoms with van der Waals surface area (Å²) in [6.45, 7) is 2.06. The number of rotatable bonds is 5. The van der Waals surface area contributed by atoms with Gasteiger partial charge in [-0.2, -0.15) is 0 Å². The van der Waals surface area contributed by atoms with Crippen LogP contribution in [0.2, 0.25) is 0 Å². The van der Waals surface area contributed by atoms with E-state index in [-0.39, 0.29) is 5.78 Å². The third-order valence-corrected chi connectivity index (χ3v) is 5.18. The van der Waals surface area contributed by atoms with Gasteiger partial charge in [-0.3, -0.25) is 4.79 Å². The lowest BCUT2D eigenvalue weighted by atomic mass is 10.2. The number of benzene rings is 1. The van der Waals surface area contributed by atoms with Crippen LogP contribution in [0, 0.1) is 6.92 Å². The highest BCUT2D eigenvalue weighted by Gasteiger charge is 2.06. The van der Waals surface area contributed by atoms with Crippen molar-refractivity contribution in [1.29, 1.82) is 0 Å². The van der Waals surface area contributed by atoms with Crippen LogP contribution in [0.3, 0.4) is 0 Å². The summed E-state index contributed by atoms with van der Waals surface area (Å²) in [5, 5.41) is 2.01. The molecule has 1 aromatic carbocycles. The Labute approximate surface area is 124 Å². The molecule has 94 valence electrons. The van der Waals surface area contributed by atoms with Crippen LogP contribution in [0.5, 0.6) is 0 Å². The summed E-state index contributed by atoms with van der Waals surface area (Å²) in [5.74, 6) is 0.813. The molecule has 2 rings (SSSR count). The Morgan fingerprint density at radius 2 is 2.06 bits per heavy atom. The Balaban J connectivity index is 1.83. The Hall–Kier alpha value is -0.580. The van der Waals surface area contributed by atoms with Gasteiger partial charge in [-0.25, -0.2) is 0 Å². The number of carbonyl (C=O) groups excluding carboxylic acids is 1. The number of aryl methyl sites for hydroxylation is 1. The minimum Gasteiger partial charge on any atom is -0.298 e. The van der Waals surface area contributed by atoms with E-state index in [0.717, 1.165) is 14.2 Å². The minimum absolute atomic E-state index is 0.273. The molecule has 1 aromatic heterocycles. The summed E-state index contributed by atoms with van der Waals surface area (Å²) in [4.78, 5) is 14.1. The lowest BCUT2D eigenvalue weighted by Gasteiger charge is -2.01. The predicted octanol–water partition coefficient (Wildman–Crippen LogP) is 4.72. The average Bonchev–Trinajstić information content (AvgIpc) is 2.74. The monoisotopic (exact) mass is 340 g/mol. The molecule has 1 nitrogen and oxygen atoms in total. The molecule has 2 aromatic rings. The van der Waals surface area contributed by atoms with Gasteiger partial charge >= 0.3 is 0 Å². The Kier molecular flexibility index (Phi) is 5.03. The van der Waals surface area contributed by atoms with Gasteiger partial charge in [0, 0.05) is 26.0 Å². The predicted molar refractivity (Wildman–Crippen MR) is 82.6 cm³/mol. The molecular weight excluding hydrogens is 328 g/mol. The highest BCUT2D eigenvalue weighted by Crippen LogP contribution is 2.22. The van der Waals surface area contributed by atoms with Crippen molar-refractivity contribution in [3.63, 3.8) is 0 Å². The number of thiophene rings is 1. The quantitative estimate of drug-likeness (QED) is 0.732. The van der Waals surface area contributed by atoms with Gasteiger partial charge in [-0.05, 0) is 41.1 Å². The summed E-state index contributed by atoms with van der Waals surface area (Å²) in [6.07, 6.45) is 0.537. The number of carbonyl (C=O) groups is 1. The van der Waals surface area contributed by atoms with E-state index in [1.54, 1.807) is 23.1 Å². The van der Waals surface area contributed by atoms with Crippen molar-refractivity contribution in [3.05, 3.63) is 50.6 Å². The summed E-state index contributed by atoms with van der Waals surface area (Å²) >= 11 is 6.63. The lowest BCUT2D eigenvalue weighted by Crippen LogP contribution is -2.04. The largest absolute Gasteiger partial charge is 0.298 e. The van der Waals surface area contributed by atoms with Crippen LogP contribution in [0.1, 0.15) is 10.4 Å². The first-order chi connectivity index (χ1) is 8.63. The van der Waals surface area contributed by atoms with Gasteiger partial charge in [0.2, 0.25) is 0 Å². The second-order valence-corrected chi connectivity index (χ2v) is 7.01. The van der Waals surface area contributed by atoms with Crippen molar-refractivity contribution in [2.45, 2.75) is 18.2 Å². The normalized spacial score (nSPS) is 10.6. The molecule has 1 heterocycles. The van der Waals surface area contributed by atoms with Crippen LogP contribution < -0.4 is 0 Å². The first-order valence-corrected chi connectivity index (χ1v) is 8.23. The van der Waals surface area contributed by atoms with Crippen molar-refractivity contribution in [3.8, 4) is 0 Å². The number of ketones is 1. The molecular formula is C14H13BrOS2. The Bertz CT molecular complexity index is 531. The number of Topliss-reactive ketones (excluding diaryl/α,β-unsaturated/α-hetero) is 1. The number of hydrogen-bond acceptors (Lipinski definition) is 3. The van der Waals surface area contributed by atoms with Crippen LogP contribution in [-0.2, 0) is 11.2 Å². The fraction of sp³-hybridized carbons (Fsp3) is 0.214. The zero-order valence-corrected chi connectivity index (χ0v) is 13.2. The fourth-order valence-corrected chi connectivity index (χ4v) is 3.73. The first kappa shape index (κ1) is 13.8. The van der Waals surface area contributed by atoms with Crippen LogP contribution in [0.15, 0.2) is 45.1 Å². The Morgan fingerprint density at radius 3 is 2.67 bits per heavy atom. The van der Waals surface area contributed by atoms with Crippen molar-refractivity contribution in [1.82, 2.24) is 0 Å². The van der Waals surface area contributed by atoms with E-state index in [1.165, 1.54) is 5.56 Å². The van der Waals surface area contributed by atoms with E-state index in [0.29, 0.717) is 12.2 Å². The third-order valence-electron chi connectivity index (χ3n) is 2.41. The van der Waals surface area contributed by atoms with Gasteiger partial charge in [0.25, 0.3) is 0 Å². The highest BCUT2D eigenvalue weighted by molar-refractivity contribution is 9.10. The third kappa shape index (κ3) is 4.26. The molecule has 4 heteroatoms. The van der Waals surface area contributed by atoms with Crippen LogP contribution in [-0.4, -0.2) is 11.5 Å². The molecule has 0 unspecified atom stereocenters. The van der Waals surface area contributed by atoms with Crippen molar-refractivity contribution < 1.29 is 4.79 Å². The molecule has 0 saturated carbocycles. The minimum atomic E-state index is 0.273. The molecule has 0 atom stereocenters. The van der Waals surface area contributed by atoms with Crippen molar-refractivity contribution in [2.75, 3.05) is 5.75 Å². The standard InChI is InChI=1S/C14H13BrOS2/c1-10-2-4-13(5-3-10)18-9-12(16)7-14-6-11(15)8-17-14/h2-6,8H,7,9H2,1H3. The maximum Gasteiger partial charge on any atom is 0.148 e. The fourth-order valence-electron chi connectivity index (χ4n) is 1.49. The molecule has 0 radical (unpaired) electrons. The van der Waals surface area contributed by atoms with E-state index in [4.69, 9.17) is 0 Å².